The van der Waals surface area contributed by atoms with E-state index in [9.17, 15) is 14.4 Å². The first-order valence-electron chi connectivity index (χ1n) is 12.2. The number of primary amides is 1. The van der Waals surface area contributed by atoms with E-state index in [1.54, 1.807) is 36.4 Å². The monoisotopic (exact) mass is 519 g/mol. The Labute approximate surface area is 218 Å². The number of fused-ring (bicyclic) bond motifs is 1. The Morgan fingerprint density at radius 3 is 2.57 bits per heavy atom. The third-order valence-corrected chi connectivity index (χ3v) is 6.15. The number of aromatic nitrogens is 3. The largest absolute Gasteiger partial charge is 0.443 e. The van der Waals surface area contributed by atoms with Crippen molar-refractivity contribution in [2.45, 2.75) is 71.6 Å². The lowest BCUT2D eigenvalue weighted by atomic mass is 9.90. The first kappa shape index (κ1) is 30.0. The molecular weight excluding hydrogens is 478 g/mol. The van der Waals surface area contributed by atoms with Crippen LogP contribution in [0.2, 0.25) is 0 Å². The molecule has 0 spiro atoms. The highest BCUT2D eigenvalue weighted by Crippen LogP contribution is 2.24. The summed E-state index contributed by atoms with van der Waals surface area (Å²) < 4.78 is 13.1. The first-order chi connectivity index (χ1) is 17.1. The maximum absolute atomic E-state index is 12.8. The zero-order chi connectivity index (χ0) is 26.3. The van der Waals surface area contributed by atoms with Gasteiger partial charge in [-0.05, 0) is 44.7 Å². The molecule has 0 aromatic carbocycles. The van der Waals surface area contributed by atoms with Gasteiger partial charge in [-0.3, -0.25) is 14.0 Å². The van der Waals surface area contributed by atoms with Gasteiger partial charge in [-0.25, -0.2) is 4.79 Å². The van der Waals surface area contributed by atoms with Crippen molar-refractivity contribution in [1.82, 2.24) is 24.8 Å². The summed E-state index contributed by atoms with van der Waals surface area (Å²) >= 11 is 0. The van der Waals surface area contributed by atoms with Crippen LogP contribution in [0.1, 0.15) is 70.9 Å². The molecule has 0 radical (unpaired) electrons. The normalized spacial score (nSPS) is 15.0. The summed E-state index contributed by atoms with van der Waals surface area (Å²) in [5.74, 6) is -0.0678. The molecule has 2 aromatic rings. The number of ether oxygens (including phenoxy) is 2. The van der Waals surface area contributed by atoms with Crippen molar-refractivity contribution in [2.24, 2.45) is 17.4 Å². The molecule has 1 atom stereocenters. The van der Waals surface area contributed by atoms with Gasteiger partial charge in [0.2, 0.25) is 11.8 Å². The molecule has 2 heterocycles. The van der Waals surface area contributed by atoms with Crippen molar-refractivity contribution in [3.05, 3.63) is 29.7 Å². The Bertz CT molecular complexity index is 1060. The number of carbonyl (C=O) groups is 3. The molecule has 1 aliphatic rings. The summed E-state index contributed by atoms with van der Waals surface area (Å²) in [6.07, 6.45) is 5.26. The first-order valence-corrected chi connectivity index (χ1v) is 12.2. The number of nitrogens with zero attached hydrogens (tertiary/aromatic N) is 4. The number of nitrogens with one attached hydrogen (secondary N) is 1. The van der Waals surface area contributed by atoms with Crippen LogP contribution in [-0.2, 0) is 25.7 Å². The van der Waals surface area contributed by atoms with Crippen LogP contribution in [0.15, 0.2) is 18.2 Å². The molecule has 12 nitrogen and oxygen atoms in total. The van der Waals surface area contributed by atoms with Crippen molar-refractivity contribution >= 4 is 23.6 Å². The summed E-state index contributed by atoms with van der Waals surface area (Å²) in [5, 5.41) is 11.5. The minimum Gasteiger partial charge on any atom is -0.443 e. The number of nitrogens with two attached hydrogens (primary N) is 2. The summed E-state index contributed by atoms with van der Waals surface area (Å²) in [7, 11) is 1.42. The summed E-state index contributed by atoms with van der Waals surface area (Å²) in [4.78, 5) is 37.2. The van der Waals surface area contributed by atoms with Gasteiger partial charge in [-0.15, -0.1) is 10.2 Å². The molecule has 1 saturated carbocycles. The van der Waals surface area contributed by atoms with Gasteiger partial charge < -0.3 is 31.2 Å². The second-order valence-electron chi connectivity index (χ2n) is 9.94. The minimum absolute atomic E-state index is 0. The molecule has 0 aliphatic heterocycles. The quantitative estimate of drug-likeness (QED) is 0.405. The number of amides is 3. The van der Waals surface area contributed by atoms with Crippen molar-refractivity contribution in [2.75, 3.05) is 26.8 Å². The fraction of sp³-hybridized carbons (Fsp3) is 0.640. The molecule has 5 N–H and O–H groups in total. The van der Waals surface area contributed by atoms with Crippen molar-refractivity contribution in [3.63, 3.8) is 0 Å². The lowest BCUT2D eigenvalue weighted by molar-refractivity contribution is -0.126. The highest BCUT2D eigenvalue weighted by Gasteiger charge is 2.29. The van der Waals surface area contributed by atoms with Gasteiger partial charge in [-0.2, -0.15) is 0 Å². The number of pyridine rings is 1. The molecule has 2 aromatic heterocycles. The van der Waals surface area contributed by atoms with Crippen molar-refractivity contribution in [3.8, 4) is 0 Å². The summed E-state index contributed by atoms with van der Waals surface area (Å²) in [5.41, 5.74) is 11.2. The molecule has 1 aliphatic carbocycles. The summed E-state index contributed by atoms with van der Waals surface area (Å²) in [6, 6.07) is 4.65. The summed E-state index contributed by atoms with van der Waals surface area (Å²) in [6.45, 7) is 3.66. The molecule has 0 saturated heterocycles. The van der Waals surface area contributed by atoms with Gasteiger partial charge >= 0.3 is 6.09 Å². The molecule has 3 rings (SSSR count). The zero-order valence-electron chi connectivity index (χ0n) is 21.2. The van der Waals surface area contributed by atoms with Gasteiger partial charge in [0, 0.05) is 13.7 Å². The molecular formula is C25H41N7O5. The highest BCUT2D eigenvalue weighted by molar-refractivity contribution is 5.85. The molecule has 12 heteroatoms. The second-order valence-corrected chi connectivity index (χ2v) is 9.94. The standard InChI is InChI=1S/C24H37N7O5.CH4/c1-24(2,26)22(33)27-18(15-35-13-16-8-5-4-6-9-16)21-29-28-20-11-7-10-17(31(20)21)14-36-23(34)30(3)12-19(25)32;/h7,10-11,16,18H,4-6,8-9,12-15,26H2,1-3H3,(H2,25,32)(H,27,33);1H4/t18-;/m1./s1. The Morgan fingerprint density at radius 1 is 1.22 bits per heavy atom. The SMILES string of the molecule is C.CN(CC(N)=O)C(=O)OCc1cccc2nnc([C@@H](COCC3CCCCC3)NC(=O)C(C)(C)N)n12. The average Bonchev–Trinajstić information content (AvgIpc) is 3.26. The zero-order valence-corrected chi connectivity index (χ0v) is 21.2. The van der Waals surface area contributed by atoms with Crippen LogP contribution in [-0.4, -0.2) is 69.8 Å². The fourth-order valence-electron chi connectivity index (χ4n) is 4.14. The van der Waals surface area contributed by atoms with Crippen LogP contribution in [0.25, 0.3) is 5.65 Å². The second kappa shape index (κ2) is 13.3. The Kier molecular flexibility index (Phi) is 10.8. The number of likely N-dealkylation sites (N-methyl/N-ethyl adjacent to an activating group) is 1. The van der Waals surface area contributed by atoms with E-state index < -0.39 is 23.6 Å². The van der Waals surface area contributed by atoms with Crippen molar-refractivity contribution < 1.29 is 23.9 Å². The lowest BCUT2D eigenvalue weighted by Crippen LogP contribution is -2.51. The maximum Gasteiger partial charge on any atom is 0.410 e. The third-order valence-electron chi connectivity index (χ3n) is 6.15. The molecule has 1 fully saturated rings. The van der Waals surface area contributed by atoms with Gasteiger partial charge in [0.05, 0.1) is 17.8 Å². The third kappa shape index (κ3) is 8.39. The molecule has 206 valence electrons. The van der Waals surface area contributed by atoms with E-state index in [0.717, 1.165) is 17.7 Å². The van der Waals surface area contributed by atoms with E-state index in [4.69, 9.17) is 20.9 Å². The Hall–Kier alpha value is -3.25. The van der Waals surface area contributed by atoms with Crippen LogP contribution in [0.3, 0.4) is 0 Å². The van der Waals surface area contributed by atoms with Crippen molar-refractivity contribution in [1.29, 1.82) is 0 Å². The Morgan fingerprint density at radius 2 is 1.92 bits per heavy atom. The smallest absolute Gasteiger partial charge is 0.410 e. The van der Waals surface area contributed by atoms with E-state index in [0.29, 0.717) is 29.7 Å². The van der Waals surface area contributed by atoms with E-state index in [-0.39, 0.29) is 33.1 Å². The predicted molar refractivity (Wildman–Crippen MR) is 138 cm³/mol. The average molecular weight is 520 g/mol. The van der Waals surface area contributed by atoms with Crippen LogP contribution >= 0.6 is 0 Å². The molecule has 37 heavy (non-hydrogen) atoms. The van der Waals surface area contributed by atoms with Crippen LogP contribution in [0.5, 0.6) is 0 Å². The van der Waals surface area contributed by atoms with E-state index >= 15 is 0 Å². The topological polar surface area (TPSA) is 167 Å². The van der Waals surface area contributed by atoms with Crippen LogP contribution < -0.4 is 16.8 Å². The van der Waals surface area contributed by atoms with Gasteiger partial charge in [0.15, 0.2) is 11.5 Å². The molecule has 0 bridgehead atoms. The van der Waals surface area contributed by atoms with Gasteiger partial charge in [0.25, 0.3) is 0 Å². The number of rotatable bonds is 11. The highest BCUT2D eigenvalue weighted by atomic mass is 16.6. The maximum atomic E-state index is 12.8. The number of carbonyl (C=O) groups excluding carboxylic acids is 3. The predicted octanol–water partition coefficient (Wildman–Crippen LogP) is 1.91. The minimum atomic E-state index is -1.11. The van der Waals surface area contributed by atoms with Gasteiger partial charge in [0.1, 0.15) is 19.2 Å². The van der Waals surface area contributed by atoms with E-state index in [2.05, 4.69) is 15.5 Å². The van der Waals surface area contributed by atoms with Gasteiger partial charge in [-0.1, -0.05) is 32.8 Å². The Balaban J connectivity index is 0.00000481. The number of hydrogen-bond donors (Lipinski definition) is 3. The molecule has 3 amide bonds. The van der Waals surface area contributed by atoms with Crippen LogP contribution in [0.4, 0.5) is 4.79 Å². The molecule has 0 unspecified atom stereocenters. The van der Waals surface area contributed by atoms with E-state index in [1.807, 2.05) is 0 Å². The number of hydrogen-bond acceptors (Lipinski definition) is 8. The lowest BCUT2D eigenvalue weighted by Gasteiger charge is -2.26. The van der Waals surface area contributed by atoms with Crippen LogP contribution in [0, 0.1) is 5.92 Å². The fourth-order valence-corrected chi connectivity index (χ4v) is 4.14. The van der Waals surface area contributed by atoms with E-state index in [1.165, 1.54) is 26.3 Å².